The van der Waals surface area contributed by atoms with Gasteiger partial charge >= 0.3 is 0 Å². The number of rotatable bonds is 3. The maximum atomic E-state index is 13.5. The molecule has 2 bridgehead atoms. The van der Waals surface area contributed by atoms with Crippen molar-refractivity contribution in [3.05, 3.63) is 70.3 Å². The van der Waals surface area contributed by atoms with Crippen molar-refractivity contribution in [3.8, 4) is 5.75 Å². The maximum absolute atomic E-state index is 13.5. The lowest BCUT2D eigenvalue weighted by atomic mass is 9.62. The number of hydrogen-bond acceptors (Lipinski definition) is 8. The van der Waals surface area contributed by atoms with E-state index in [0.29, 0.717) is 49.0 Å². The first kappa shape index (κ1) is 36.2. The number of nitrogens with zero attached hydrogens (tertiary/aromatic N) is 2. The summed E-state index contributed by atoms with van der Waals surface area (Å²) in [5.41, 5.74) is 1.39. The highest BCUT2D eigenvalue weighted by molar-refractivity contribution is 7.90. The highest BCUT2D eigenvalue weighted by Crippen LogP contribution is 2.47. The Morgan fingerprint density at radius 1 is 1.15 bits per heavy atom. The zero-order valence-corrected chi connectivity index (χ0v) is 30.0. The first-order valence-corrected chi connectivity index (χ1v) is 18.7. The summed E-state index contributed by atoms with van der Waals surface area (Å²) in [6.07, 6.45) is 6.59. The fourth-order valence-corrected chi connectivity index (χ4v) is 8.62. The molecule has 2 heterocycles. The van der Waals surface area contributed by atoms with Gasteiger partial charge in [-0.15, -0.1) is 0 Å². The van der Waals surface area contributed by atoms with Crippen LogP contribution in [-0.4, -0.2) is 81.5 Å². The van der Waals surface area contributed by atoms with E-state index in [4.69, 9.17) is 21.1 Å². The van der Waals surface area contributed by atoms with Crippen LogP contribution in [0.15, 0.2) is 48.6 Å². The van der Waals surface area contributed by atoms with Crippen molar-refractivity contribution in [1.82, 2.24) is 9.62 Å². The molecule has 2 aliphatic heterocycles. The van der Waals surface area contributed by atoms with Crippen LogP contribution >= 0.6 is 11.6 Å². The van der Waals surface area contributed by atoms with Crippen LogP contribution in [-0.2, 0) is 32.6 Å². The van der Waals surface area contributed by atoms with Crippen LogP contribution in [0.5, 0.6) is 5.75 Å². The number of aliphatic hydroxyl groups is 1. The number of amides is 2. The molecule has 0 aromatic heterocycles. The second-order valence-corrected chi connectivity index (χ2v) is 16.2. The summed E-state index contributed by atoms with van der Waals surface area (Å²) in [7, 11) is 0.638. The van der Waals surface area contributed by atoms with Crippen molar-refractivity contribution < 1.29 is 32.6 Å². The van der Waals surface area contributed by atoms with Gasteiger partial charge in [-0.05, 0) is 105 Å². The van der Waals surface area contributed by atoms with Crippen LogP contribution < -0.4 is 14.4 Å². The quantitative estimate of drug-likeness (QED) is 0.430. The largest absolute Gasteiger partial charge is 0.487 e. The summed E-state index contributed by atoms with van der Waals surface area (Å²) in [4.78, 5) is 30.5. The molecule has 10 nitrogen and oxygen atoms in total. The average molecular weight is 702 g/mol. The first-order valence-electron chi connectivity index (χ1n) is 16.7. The minimum absolute atomic E-state index is 0.0108. The summed E-state index contributed by atoms with van der Waals surface area (Å²) >= 11 is 6.34. The predicted octanol–water partition coefficient (Wildman–Crippen LogP) is 4.97. The third-order valence-electron chi connectivity index (χ3n) is 10.4. The number of hydrogen-bond donors (Lipinski definition) is 2. The molecule has 3 aliphatic rings. The molecule has 12 heteroatoms. The second kappa shape index (κ2) is 14.8. The number of sulfonamides is 1. The molecule has 0 unspecified atom stereocenters. The zero-order valence-electron chi connectivity index (χ0n) is 28.4. The lowest BCUT2D eigenvalue weighted by Gasteiger charge is -2.50. The van der Waals surface area contributed by atoms with E-state index in [9.17, 15) is 23.1 Å². The number of carbonyl (C=O) groups excluding carboxylic acids is 2. The number of methoxy groups -OCH3 is 1. The number of anilines is 1. The number of nitrogens with one attached hydrogen (secondary N) is 1. The van der Waals surface area contributed by atoms with E-state index in [1.165, 1.54) is 12.0 Å². The summed E-state index contributed by atoms with van der Waals surface area (Å²) in [5, 5.41) is 12.2. The molecular formula is C36H48ClN3O7S. The monoisotopic (exact) mass is 701 g/mol. The molecule has 2 aromatic rings. The number of allylic oxidation sites excluding steroid dienone is 1. The molecule has 0 radical (unpaired) electrons. The minimum Gasteiger partial charge on any atom is -0.487 e. The Balaban J connectivity index is 1.61. The van der Waals surface area contributed by atoms with E-state index in [1.807, 2.05) is 18.2 Å². The highest BCUT2D eigenvalue weighted by Gasteiger charge is 2.53. The van der Waals surface area contributed by atoms with Gasteiger partial charge in [-0.2, -0.15) is 0 Å². The third kappa shape index (κ3) is 7.54. The van der Waals surface area contributed by atoms with Crippen molar-refractivity contribution in [2.45, 2.75) is 75.9 Å². The van der Waals surface area contributed by atoms with Crippen molar-refractivity contribution in [3.63, 3.8) is 0 Å². The average Bonchev–Trinajstić information content (AvgIpc) is 3.05. The Morgan fingerprint density at radius 2 is 1.92 bits per heavy atom. The van der Waals surface area contributed by atoms with Crippen LogP contribution in [0.2, 0.25) is 5.02 Å². The van der Waals surface area contributed by atoms with E-state index < -0.39 is 38.8 Å². The molecule has 0 spiro atoms. The normalized spacial score (nSPS) is 29.0. The van der Waals surface area contributed by atoms with Crippen LogP contribution in [0.4, 0.5) is 5.69 Å². The Labute approximate surface area is 289 Å². The number of ether oxygens (including phenoxy) is 2. The van der Waals surface area contributed by atoms with Crippen molar-refractivity contribution in [2.75, 3.05) is 39.2 Å². The topological polar surface area (TPSA) is 125 Å². The van der Waals surface area contributed by atoms with E-state index in [2.05, 4.69) is 9.62 Å². The molecule has 1 aliphatic carbocycles. The molecular weight excluding hydrogens is 654 g/mol. The van der Waals surface area contributed by atoms with E-state index >= 15 is 0 Å². The van der Waals surface area contributed by atoms with E-state index in [0.717, 1.165) is 36.8 Å². The third-order valence-corrected chi connectivity index (χ3v) is 12.6. The molecule has 1 fully saturated rings. The van der Waals surface area contributed by atoms with Gasteiger partial charge in [0.25, 0.3) is 11.8 Å². The minimum atomic E-state index is -4.06. The molecule has 5 rings (SSSR count). The molecule has 6 atom stereocenters. The van der Waals surface area contributed by atoms with E-state index in [1.54, 1.807) is 58.3 Å². The number of fused-ring (bicyclic) bond motifs is 3. The molecule has 1 saturated carbocycles. The Bertz CT molecular complexity index is 1650. The molecule has 2 N–H and O–H groups in total. The van der Waals surface area contributed by atoms with Gasteiger partial charge in [0, 0.05) is 44.9 Å². The fourth-order valence-electron chi connectivity index (χ4n) is 7.14. The summed E-state index contributed by atoms with van der Waals surface area (Å²) in [6, 6.07) is 10.8. The molecule has 2 amide bonds. The lowest BCUT2D eigenvalue weighted by molar-refractivity contribution is -0.168. The number of aryl methyl sites for hydroxylation is 1. The summed E-state index contributed by atoms with van der Waals surface area (Å²) in [5.74, 6) is -1.22. The highest BCUT2D eigenvalue weighted by atomic mass is 35.5. The predicted molar refractivity (Wildman–Crippen MR) is 187 cm³/mol. The van der Waals surface area contributed by atoms with Gasteiger partial charge in [-0.3, -0.25) is 9.59 Å². The molecule has 0 saturated heterocycles. The fraction of sp³-hybridized carbons (Fsp3) is 0.556. The van der Waals surface area contributed by atoms with Gasteiger partial charge < -0.3 is 24.4 Å². The van der Waals surface area contributed by atoms with Gasteiger partial charge in [0.15, 0.2) is 6.10 Å². The van der Waals surface area contributed by atoms with Gasteiger partial charge in [0.2, 0.25) is 10.0 Å². The van der Waals surface area contributed by atoms with Crippen molar-refractivity contribution in [1.29, 1.82) is 0 Å². The van der Waals surface area contributed by atoms with Gasteiger partial charge in [-0.25, -0.2) is 13.1 Å². The first-order chi connectivity index (χ1) is 22.7. The molecule has 48 heavy (non-hydrogen) atoms. The van der Waals surface area contributed by atoms with Crippen LogP contribution in [0, 0.1) is 17.8 Å². The Morgan fingerprint density at radius 3 is 2.60 bits per heavy atom. The Hall–Kier alpha value is -3.12. The zero-order chi connectivity index (χ0) is 34.8. The van der Waals surface area contributed by atoms with Crippen LogP contribution in [0.3, 0.4) is 0 Å². The second-order valence-electron chi connectivity index (χ2n) is 13.8. The summed E-state index contributed by atoms with van der Waals surface area (Å²) < 4.78 is 41.3. The number of benzene rings is 2. The molecule has 262 valence electrons. The van der Waals surface area contributed by atoms with Crippen LogP contribution in [0.1, 0.15) is 67.4 Å². The van der Waals surface area contributed by atoms with E-state index in [-0.39, 0.29) is 23.3 Å². The van der Waals surface area contributed by atoms with Gasteiger partial charge in [-0.1, -0.05) is 36.7 Å². The SMILES string of the molecule is CO[C@H](C(=O)N(C)C)[C@]1(O)/C=C/C[C@H](C)[C@@H](C)S(=O)(=O)NC(=O)c2ccc3c(c2)N(CCCCc2cc(Cl)ccc2CO3)C[C@@H]2CC[C@H]21. The van der Waals surface area contributed by atoms with Crippen molar-refractivity contribution >= 4 is 39.1 Å². The smallest absolute Gasteiger partial charge is 0.264 e. The standard InChI is InChI=1S/C36H48ClN3O7S/c1-23-9-8-17-36(43,33(46-5)35(42)39(3)4)30-15-12-27(30)21-40-18-7-6-10-25-19-29(37)14-11-28(25)22-47-32-16-13-26(20-31(32)40)34(41)38-48(44,45)24(23)2/h8,11,13-14,16-17,19-20,23-24,27,30,33,43H,6-7,9-10,12,15,18,21-22H2,1-5H3,(H,38,41)/b17-8+/t23-,24+,27-,30+,33+,36-/m0/s1. The van der Waals surface area contributed by atoms with Gasteiger partial charge in [0.05, 0.1) is 10.9 Å². The van der Waals surface area contributed by atoms with Crippen molar-refractivity contribution in [2.24, 2.45) is 17.8 Å². The number of halogens is 1. The summed E-state index contributed by atoms with van der Waals surface area (Å²) in [6.45, 7) is 4.80. The number of likely N-dealkylation sites (N-methyl/N-ethyl adjacent to an activating group) is 1. The van der Waals surface area contributed by atoms with Gasteiger partial charge in [0.1, 0.15) is 18.0 Å². The molecule has 2 aromatic carbocycles. The van der Waals surface area contributed by atoms with Crippen LogP contribution in [0.25, 0.3) is 0 Å². The number of carbonyl (C=O) groups is 2. The lowest BCUT2D eigenvalue weighted by Crippen LogP contribution is -2.60. The maximum Gasteiger partial charge on any atom is 0.264 e. The Kier molecular flexibility index (Phi) is 11.1.